The van der Waals surface area contributed by atoms with E-state index < -0.39 is 0 Å². The van der Waals surface area contributed by atoms with Crippen LogP contribution in [0.5, 0.6) is 0 Å². The van der Waals surface area contributed by atoms with E-state index in [-0.39, 0.29) is 10.8 Å². The first-order valence-corrected chi connectivity index (χ1v) is 7.37. The normalized spacial score (nSPS) is 22.2. The molecular weight excluding hydrogens is 234 g/mol. The Hall–Kier alpha value is -0.830. The van der Waals surface area contributed by atoms with E-state index in [9.17, 15) is 0 Å². The van der Waals surface area contributed by atoms with Crippen LogP contribution in [0.2, 0.25) is 0 Å². The monoisotopic (exact) mass is 263 g/mol. The van der Waals surface area contributed by atoms with Gasteiger partial charge in [-0.25, -0.2) is 0 Å². The van der Waals surface area contributed by atoms with Crippen LogP contribution in [0.1, 0.15) is 65.3 Å². The van der Waals surface area contributed by atoms with Gasteiger partial charge in [-0.05, 0) is 31.0 Å². The van der Waals surface area contributed by atoms with Gasteiger partial charge in [-0.1, -0.05) is 41.5 Å². The minimum atomic E-state index is 0.139. The van der Waals surface area contributed by atoms with Gasteiger partial charge in [-0.3, -0.25) is 4.68 Å². The molecule has 0 radical (unpaired) electrons. The lowest BCUT2D eigenvalue weighted by Gasteiger charge is -2.29. The molecule has 19 heavy (non-hydrogen) atoms. The summed E-state index contributed by atoms with van der Waals surface area (Å²) in [4.78, 5) is 2.40. The summed E-state index contributed by atoms with van der Waals surface area (Å²) in [6.07, 6.45) is 3.31. The molecule has 0 bridgehead atoms. The highest BCUT2D eigenvalue weighted by Crippen LogP contribution is 2.36. The zero-order valence-corrected chi connectivity index (χ0v) is 13.6. The lowest BCUT2D eigenvalue weighted by Crippen LogP contribution is -2.27. The summed E-state index contributed by atoms with van der Waals surface area (Å²) in [5.74, 6) is 0. The van der Waals surface area contributed by atoms with Crippen LogP contribution in [0.4, 0.5) is 0 Å². The van der Waals surface area contributed by atoms with Gasteiger partial charge in [0.05, 0.1) is 12.2 Å². The van der Waals surface area contributed by atoms with Gasteiger partial charge >= 0.3 is 0 Å². The van der Waals surface area contributed by atoms with Crippen molar-refractivity contribution < 1.29 is 0 Å². The average molecular weight is 263 g/mol. The van der Waals surface area contributed by atoms with Crippen LogP contribution < -0.4 is 0 Å². The minimum absolute atomic E-state index is 0.139. The minimum Gasteiger partial charge on any atom is -0.304 e. The Morgan fingerprint density at radius 1 is 1.11 bits per heavy atom. The summed E-state index contributed by atoms with van der Waals surface area (Å²) in [7, 11) is 2.20. The van der Waals surface area contributed by atoms with Crippen LogP contribution in [0.3, 0.4) is 0 Å². The first kappa shape index (κ1) is 14.6. The number of rotatable bonds is 1. The number of likely N-dealkylation sites (tertiary alicyclic amines) is 1. The Kier molecular flexibility index (Phi) is 3.54. The molecule has 1 atom stereocenters. The van der Waals surface area contributed by atoms with Crippen molar-refractivity contribution in [3.05, 3.63) is 17.5 Å². The highest BCUT2D eigenvalue weighted by atomic mass is 15.3. The summed E-state index contributed by atoms with van der Waals surface area (Å²) in [5.41, 5.74) is 3.11. The Morgan fingerprint density at radius 2 is 1.74 bits per heavy atom. The van der Waals surface area contributed by atoms with Gasteiger partial charge in [0, 0.05) is 17.7 Å². The van der Waals surface area contributed by atoms with E-state index in [4.69, 9.17) is 5.10 Å². The molecule has 1 aliphatic heterocycles. The summed E-state index contributed by atoms with van der Waals surface area (Å²) in [5, 5.41) is 4.76. The molecule has 1 aromatic rings. The molecule has 2 heterocycles. The van der Waals surface area contributed by atoms with Crippen LogP contribution in [-0.2, 0) is 10.8 Å². The molecule has 3 heteroatoms. The number of likely N-dealkylation sites (N-methyl/N-ethyl adjacent to an activating group) is 1. The Labute approximate surface area is 118 Å². The van der Waals surface area contributed by atoms with Crippen LogP contribution in [0.15, 0.2) is 6.20 Å². The van der Waals surface area contributed by atoms with Crippen LogP contribution in [0.25, 0.3) is 0 Å². The third kappa shape index (κ3) is 2.86. The first-order valence-electron chi connectivity index (χ1n) is 7.37. The van der Waals surface area contributed by atoms with E-state index in [1.165, 1.54) is 24.2 Å². The van der Waals surface area contributed by atoms with Crippen molar-refractivity contribution in [1.82, 2.24) is 14.7 Å². The summed E-state index contributed by atoms with van der Waals surface area (Å²) >= 11 is 0. The molecule has 0 N–H and O–H groups in total. The van der Waals surface area contributed by atoms with E-state index in [0.29, 0.717) is 6.04 Å². The Morgan fingerprint density at radius 3 is 2.16 bits per heavy atom. The largest absolute Gasteiger partial charge is 0.304 e. The average Bonchev–Trinajstić information content (AvgIpc) is 2.79. The smallest absolute Gasteiger partial charge is 0.0661 e. The molecule has 1 aromatic heterocycles. The molecule has 0 unspecified atom stereocenters. The standard InChI is InChI=1S/C16H29N3/c1-15(2,3)13-10-17-19(14(13)16(4,5)6)12-8-9-18(7)11-12/h10,12H,8-9,11H2,1-7H3/t12-/m0/s1. The lowest BCUT2D eigenvalue weighted by atomic mass is 9.79. The molecular formula is C16H29N3. The zero-order valence-electron chi connectivity index (χ0n) is 13.6. The Bertz CT molecular complexity index is 446. The quantitative estimate of drug-likeness (QED) is 0.774. The predicted octanol–water partition coefficient (Wildman–Crippen LogP) is 3.35. The fraction of sp³-hybridized carbons (Fsp3) is 0.812. The van der Waals surface area contributed by atoms with Crippen LogP contribution >= 0.6 is 0 Å². The zero-order chi connectivity index (χ0) is 14.4. The molecule has 1 aliphatic rings. The Balaban J connectivity index is 2.48. The van der Waals surface area contributed by atoms with Gasteiger partial charge in [-0.15, -0.1) is 0 Å². The summed E-state index contributed by atoms with van der Waals surface area (Å²) < 4.78 is 2.31. The second-order valence-corrected chi connectivity index (χ2v) is 8.06. The van der Waals surface area contributed by atoms with Crippen molar-refractivity contribution >= 4 is 0 Å². The van der Waals surface area contributed by atoms with Crippen molar-refractivity contribution in [2.45, 2.75) is 64.8 Å². The van der Waals surface area contributed by atoms with Crippen molar-refractivity contribution in [2.75, 3.05) is 20.1 Å². The highest BCUT2D eigenvalue weighted by molar-refractivity contribution is 5.31. The maximum atomic E-state index is 4.76. The van der Waals surface area contributed by atoms with Gasteiger partial charge in [0.15, 0.2) is 0 Å². The van der Waals surface area contributed by atoms with Gasteiger partial charge in [-0.2, -0.15) is 5.10 Å². The maximum Gasteiger partial charge on any atom is 0.0661 e. The summed E-state index contributed by atoms with van der Waals surface area (Å²) in [6, 6.07) is 0.537. The molecule has 0 saturated carbocycles. The SMILES string of the molecule is CN1CC[C@H](n2ncc(C(C)(C)C)c2C(C)(C)C)C1. The highest BCUT2D eigenvalue weighted by Gasteiger charge is 2.33. The van der Waals surface area contributed by atoms with E-state index >= 15 is 0 Å². The number of nitrogens with zero attached hydrogens (tertiary/aromatic N) is 3. The lowest BCUT2D eigenvalue weighted by molar-refractivity contribution is 0.363. The molecule has 108 valence electrons. The molecule has 0 amide bonds. The first-order chi connectivity index (χ1) is 8.60. The van der Waals surface area contributed by atoms with Crippen molar-refractivity contribution in [3.8, 4) is 0 Å². The van der Waals surface area contributed by atoms with Gasteiger partial charge in [0.2, 0.25) is 0 Å². The fourth-order valence-electron chi connectivity index (χ4n) is 3.05. The maximum absolute atomic E-state index is 4.76. The van der Waals surface area contributed by atoms with Gasteiger partial charge in [0.1, 0.15) is 0 Å². The fourth-order valence-corrected chi connectivity index (χ4v) is 3.05. The summed E-state index contributed by atoms with van der Waals surface area (Å²) in [6.45, 7) is 16.0. The number of hydrogen-bond acceptors (Lipinski definition) is 2. The van der Waals surface area contributed by atoms with Gasteiger partial charge < -0.3 is 4.90 Å². The van der Waals surface area contributed by atoms with Crippen LogP contribution in [0, 0.1) is 0 Å². The topological polar surface area (TPSA) is 21.1 Å². The predicted molar refractivity (Wildman–Crippen MR) is 80.8 cm³/mol. The second-order valence-electron chi connectivity index (χ2n) is 8.06. The molecule has 1 fully saturated rings. The molecule has 3 nitrogen and oxygen atoms in total. The van der Waals surface area contributed by atoms with Crippen molar-refractivity contribution in [1.29, 1.82) is 0 Å². The third-order valence-corrected chi connectivity index (χ3v) is 4.03. The molecule has 0 spiro atoms. The van der Waals surface area contributed by atoms with Crippen molar-refractivity contribution in [3.63, 3.8) is 0 Å². The molecule has 2 rings (SSSR count). The molecule has 0 aromatic carbocycles. The van der Waals surface area contributed by atoms with Crippen molar-refractivity contribution in [2.24, 2.45) is 0 Å². The number of aromatic nitrogens is 2. The molecule has 0 aliphatic carbocycles. The second kappa shape index (κ2) is 4.62. The van der Waals surface area contributed by atoms with E-state index in [1.54, 1.807) is 0 Å². The van der Waals surface area contributed by atoms with E-state index in [2.05, 4.69) is 64.4 Å². The third-order valence-electron chi connectivity index (χ3n) is 4.03. The van der Waals surface area contributed by atoms with Crippen LogP contribution in [-0.4, -0.2) is 34.8 Å². The van der Waals surface area contributed by atoms with E-state index in [0.717, 1.165) is 6.54 Å². The number of hydrogen-bond donors (Lipinski definition) is 0. The molecule has 1 saturated heterocycles. The van der Waals surface area contributed by atoms with Gasteiger partial charge in [0.25, 0.3) is 0 Å². The van der Waals surface area contributed by atoms with E-state index in [1.807, 2.05) is 0 Å².